The zero-order chi connectivity index (χ0) is 14.6. The number of aromatic nitrogens is 2. The lowest BCUT2D eigenvalue weighted by atomic mass is 10.0. The van der Waals surface area contributed by atoms with Gasteiger partial charge in [0.25, 0.3) is 5.56 Å². The fourth-order valence-corrected chi connectivity index (χ4v) is 2.79. The van der Waals surface area contributed by atoms with Crippen LogP contribution in [-0.4, -0.2) is 22.9 Å². The van der Waals surface area contributed by atoms with Gasteiger partial charge in [0.05, 0.1) is 23.9 Å². The molecule has 0 bridgehead atoms. The minimum Gasteiger partial charge on any atom is -0.497 e. The van der Waals surface area contributed by atoms with Crippen molar-refractivity contribution in [2.75, 3.05) is 7.11 Å². The van der Waals surface area contributed by atoms with Crippen molar-refractivity contribution in [2.24, 2.45) is 0 Å². The van der Waals surface area contributed by atoms with Crippen LogP contribution in [0.3, 0.4) is 0 Å². The van der Waals surface area contributed by atoms with Crippen LogP contribution < -0.4 is 10.3 Å². The van der Waals surface area contributed by atoms with E-state index in [4.69, 9.17) is 4.74 Å². The van der Waals surface area contributed by atoms with Crippen LogP contribution in [0, 0.1) is 0 Å². The van der Waals surface area contributed by atoms with E-state index >= 15 is 0 Å². The van der Waals surface area contributed by atoms with Gasteiger partial charge in [-0.15, -0.1) is 0 Å². The first kappa shape index (κ1) is 11.8. The van der Waals surface area contributed by atoms with Crippen molar-refractivity contribution in [3.8, 4) is 17.0 Å². The molecular weight excluding hydrogens is 268 g/mol. The molecule has 0 amide bonds. The second-order valence-corrected chi connectivity index (χ2v) is 4.84. The number of methoxy groups -OCH3 is 1. The lowest BCUT2D eigenvalue weighted by Gasteiger charge is -2.06. The lowest BCUT2D eigenvalue weighted by molar-refractivity contribution is 0.104. The highest BCUT2D eigenvalue weighted by molar-refractivity contribution is 6.24. The highest BCUT2D eigenvalue weighted by Gasteiger charge is 2.32. The molecule has 0 aliphatic heterocycles. The third-order valence-electron chi connectivity index (χ3n) is 3.74. The number of hydrogen-bond donors (Lipinski definition) is 1. The van der Waals surface area contributed by atoms with E-state index in [0.29, 0.717) is 28.1 Å². The maximum absolute atomic E-state index is 12.4. The van der Waals surface area contributed by atoms with Crippen LogP contribution in [0.1, 0.15) is 15.9 Å². The highest BCUT2D eigenvalue weighted by Crippen LogP contribution is 2.38. The minimum atomic E-state index is -0.395. The Hall–Kier alpha value is -2.95. The number of rotatable bonds is 1. The first-order valence-electron chi connectivity index (χ1n) is 6.45. The molecule has 3 aromatic rings. The summed E-state index contributed by atoms with van der Waals surface area (Å²) < 4.78 is 5.17. The van der Waals surface area contributed by atoms with Gasteiger partial charge in [-0.25, -0.2) is 0 Å². The predicted molar refractivity (Wildman–Crippen MR) is 77.8 cm³/mol. The van der Waals surface area contributed by atoms with Crippen molar-refractivity contribution in [3.63, 3.8) is 0 Å². The first-order valence-corrected chi connectivity index (χ1v) is 6.45. The molecule has 102 valence electrons. The topological polar surface area (TPSA) is 72.1 Å². The maximum Gasteiger partial charge on any atom is 0.260 e. The van der Waals surface area contributed by atoms with E-state index in [1.54, 1.807) is 37.6 Å². The van der Waals surface area contributed by atoms with Gasteiger partial charge >= 0.3 is 0 Å². The average Bonchev–Trinajstić information content (AvgIpc) is 2.81. The van der Waals surface area contributed by atoms with E-state index in [2.05, 4.69) is 9.97 Å². The van der Waals surface area contributed by atoms with Crippen LogP contribution in [0.5, 0.6) is 5.75 Å². The zero-order valence-electron chi connectivity index (χ0n) is 11.1. The van der Waals surface area contributed by atoms with E-state index in [0.717, 1.165) is 5.39 Å². The maximum atomic E-state index is 12.4. The van der Waals surface area contributed by atoms with Gasteiger partial charge in [0, 0.05) is 28.8 Å². The van der Waals surface area contributed by atoms with Crippen molar-refractivity contribution in [3.05, 3.63) is 58.0 Å². The van der Waals surface area contributed by atoms with Gasteiger partial charge in [-0.1, -0.05) is 0 Å². The van der Waals surface area contributed by atoms with Gasteiger partial charge in [-0.3, -0.25) is 14.6 Å². The summed E-state index contributed by atoms with van der Waals surface area (Å²) in [6, 6.07) is 8.76. The quantitative estimate of drug-likeness (QED) is 0.579. The molecule has 0 radical (unpaired) electrons. The lowest BCUT2D eigenvalue weighted by Crippen LogP contribution is -2.16. The Labute approximate surface area is 119 Å². The van der Waals surface area contributed by atoms with Crippen molar-refractivity contribution in [1.29, 1.82) is 0 Å². The number of aromatic amines is 1. The van der Waals surface area contributed by atoms with E-state index in [-0.39, 0.29) is 11.3 Å². The van der Waals surface area contributed by atoms with E-state index in [1.165, 1.54) is 0 Å². The number of carbonyl (C=O) groups excluding carboxylic acids is 1. The molecule has 0 fully saturated rings. The van der Waals surface area contributed by atoms with Gasteiger partial charge in [-0.2, -0.15) is 0 Å². The molecule has 2 aromatic heterocycles. The Morgan fingerprint density at radius 3 is 2.81 bits per heavy atom. The molecule has 1 aliphatic carbocycles. The Kier molecular flexibility index (Phi) is 2.27. The number of benzene rings is 1. The molecule has 5 heteroatoms. The Morgan fingerprint density at radius 1 is 1.14 bits per heavy atom. The van der Waals surface area contributed by atoms with Crippen LogP contribution in [0.25, 0.3) is 22.2 Å². The van der Waals surface area contributed by atoms with Crippen LogP contribution in [0.2, 0.25) is 0 Å². The Balaban J connectivity index is 2.19. The van der Waals surface area contributed by atoms with Crippen molar-refractivity contribution >= 4 is 16.7 Å². The molecular formula is C16H10N2O3. The van der Waals surface area contributed by atoms with Crippen LogP contribution in [-0.2, 0) is 0 Å². The first-order chi connectivity index (χ1) is 10.2. The van der Waals surface area contributed by atoms with E-state index < -0.39 is 5.56 Å². The standard InChI is InChI=1S/C16H10N2O3/c1-21-8-4-5-9-11(7-8)18-16(20)13-12(9)14-10(15(13)19)3-2-6-17-14/h2-7H,1H3,(H,18,20). The third-order valence-corrected chi connectivity index (χ3v) is 3.74. The molecule has 0 atom stereocenters. The molecule has 2 heterocycles. The molecule has 0 spiro atoms. The number of ether oxygens (including phenoxy) is 1. The number of fused-ring (bicyclic) bond motifs is 5. The SMILES string of the molecule is COc1ccc2c3c(c(=O)[nH]c2c1)C(=O)c1cccnc1-3. The molecule has 0 saturated carbocycles. The summed E-state index contributed by atoms with van der Waals surface area (Å²) in [4.78, 5) is 31.7. The number of nitrogens with zero attached hydrogens (tertiary/aromatic N) is 1. The minimum absolute atomic E-state index is 0.168. The number of carbonyl (C=O) groups is 1. The third kappa shape index (κ3) is 1.48. The van der Waals surface area contributed by atoms with Crippen LogP contribution in [0.4, 0.5) is 0 Å². The molecule has 4 rings (SSSR count). The number of pyridine rings is 2. The van der Waals surface area contributed by atoms with E-state index in [9.17, 15) is 9.59 Å². The molecule has 1 aromatic carbocycles. The molecule has 0 unspecified atom stereocenters. The van der Waals surface area contributed by atoms with Gasteiger partial charge in [0.1, 0.15) is 5.75 Å². The summed E-state index contributed by atoms with van der Waals surface area (Å²) in [5.41, 5.74) is 2.05. The summed E-state index contributed by atoms with van der Waals surface area (Å²) in [5, 5.41) is 0.788. The van der Waals surface area contributed by atoms with Crippen LogP contribution >= 0.6 is 0 Å². The van der Waals surface area contributed by atoms with E-state index in [1.807, 2.05) is 6.07 Å². The van der Waals surface area contributed by atoms with Gasteiger partial charge < -0.3 is 9.72 Å². The predicted octanol–water partition coefficient (Wildman–Crippen LogP) is 2.14. The molecule has 1 aliphatic rings. The summed E-state index contributed by atoms with van der Waals surface area (Å²) >= 11 is 0. The Bertz CT molecular complexity index is 973. The number of ketones is 1. The summed E-state index contributed by atoms with van der Waals surface area (Å²) in [6.07, 6.45) is 1.62. The van der Waals surface area contributed by atoms with Gasteiger partial charge in [0.2, 0.25) is 5.78 Å². The summed E-state index contributed by atoms with van der Waals surface area (Å²) in [5.74, 6) is 0.371. The summed E-state index contributed by atoms with van der Waals surface area (Å²) in [6.45, 7) is 0. The van der Waals surface area contributed by atoms with Gasteiger partial charge in [0.15, 0.2) is 0 Å². The van der Waals surface area contributed by atoms with Crippen LogP contribution in [0.15, 0.2) is 41.3 Å². The van der Waals surface area contributed by atoms with Crippen molar-refractivity contribution in [2.45, 2.75) is 0 Å². The largest absolute Gasteiger partial charge is 0.497 e. The number of H-pyrrole nitrogens is 1. The zero-order valence-corrected chi connectivity index (χ0v) is 11.1. The molecule has 21 heavy (non-hydrogen) atoms. The van der Waals surface area contributed by atoms with Gasteiger partial charge in [-0.05, 0) is 24.3 Å². The fraction of sp³-hybridized carbons (Fsp3) is 0.0625. The molecule has 0 saturated heterocycles. The van der Waals surface area contributed by atoms with Crippen molar-refractivity contribution in [1.82, 2.24) is 9.97 Å². The summed E-state index contributed by atoms with van der Waals surface area (Å²) in [7, 11) is 1.56. The second-order valence-electron chi connectivity index (χ2n) is 4.84. The monoisotopic (exact) mass is 278 g/mol. The highest BCUT2D eigenvalue weighted by atomic mass is 16.5. The normalized spacial score (nSPS) is 12.3. The molecule has 1 N–H and O–H groups in total. The van der Waals surface area contributed by atoms with Crippen molar-refractivity contribution < 1.29 is 9.53 Å². The number of nitrogens with one attached hydrogen (secondary N) is 1. The fourth-order valence-electron chi connectivity index (χ4n) is 2.79. The second kappa shape index (κ2) is 4.02. The average molecular weight is 278 g/mol. The number of hydrogen-bond acceptors (Lipinski definition) is 4. The Morgan fingerprint density at radius 2 is 2.00 bits per heavy atom. The molecule has 5 nitrogen and oxygen atoms in total. The smallest absolute Gasteiger partial charge is 0.260 e.